The van der Waals surface area contributed by atoms with Gasteiger partial charge in [-0.05, 0) is 20.8 Å². The van der Waals surface area contributed by atoms with E-state index in [1.165, 1.54) is 17.8 Å². The molecule has 1 saturated heterocycles. The van der Waals surface area contributed by atoms with Crippen molar-refractivity contribution in [2.24, 2.45) is 4.99 Å². The summed E-state index contributed by atoms with van der Waals surface area (Å²) in [6.45, 7) is 12.2. The molecule has 2 N–H and O–H groups in total. The van der Waals surface area contributed by atoms with Crippen LogP contribution in [0, 0.1) is 0 Å². The van der Waals surface area contributed by atoms with Crippen LogP contribution in [0.1, 0.15) is 33.5 Å². The third kappa shape index (κ3) is 6.89. The van der Waals surface area contributed by atoms with Gasteiger partial charge in [-0.1, -0.05) is 6.92 Å². The van der Waals surface area contributed by atoms with Crippen molar-refractivity contribution in [2.45, 2.75) is 39.7 Å². The van der Waals surface area contributed by atoms with Crippen molar-refractivity contribution >= 4 is 32.6 Å². The Hall–Kier alpha value is -1.46. The third-order valence-corrected chi connectivity index (χ3v) is 5.78. The molecule has 11 heteroatoms. The molecule has 1 aliphatic heterocycles. The Morgan fingerprint density at radius 1 is 1.26 bits per heavy atom. The normalized spacial score (nSPS) is 16.7. The largest absolute Gasteiger partial charge is 0.357 e. The Kier molecular flexibility index (Phi) is 7.40. The van der Waals surface area contributed by atoms with Crippen molar-refractivity contribution in [3.8, 4) is 0 Å². The van der Waals surface area contributed by atoms with Gasteiger partial charge in [0.15, 0.2) is 5.96 Å². The molecule has 0 amide bonds. The number of hydrogen-bond acceptors (Lipinski definition) is 7. The highest BCUT2D eigenvalue weighted by molar-refractivity contribution is 7.88. The first-order valence-electron chi connectivity index (χ1n) is 9.23. The van der Waals surface area contributed by atoms with Crippen LogP contribution in [0.25, 0.3) is 0 Å². The monoisotopic (exact) mass is 417 g/mol. The standard InChI is InChI=1S/C16H31N7O2S2/c1-6-13-19-15(26-20-13)23-10-8-22(9-11-23)14(17-7-2)18-12-16(3,4)21-27(5,24)25/h21H,6-12H2,1-5H3,(H,17,18). The summed E-state index contributed by atoms with van der Waals surface area (Å²) in [6.07, 6.45) is 2.02. The number of hydrogen-bond donors (Lipinski definition) is 2. The molecule has 0 aromatic carbocycles. The number of sulfonamides is 1. The quantitative estimate of drug-likeness (QED) is 0.492. The van der Waals surface area contributed by atoms with Crippen LogP contribution < -0.4 is 14.9 Å². The van der Waals surface area contributed by atoms with Crippen molar-refractivity contribution < 1.29 is 8.42 Å². The minimum Gasteiger partial charge on any atom is -0.357 e. The molecule has 0 saturated carbocycles. The van der Waals surface area contributed by atoms with Gasteiger partial charge in [0.1, 0.15) is 5.82 Å². The predicted octanol–water partition coefficient (Wildman–Crippen LogP) is 0.516. The lowest BCUT2D eigenvalue weighted by Gasteiger charge is -2.36. The zero-order valence-corrected chi connectivity index (χ0v) is 18.5. The summed E-state index contributed by atoms with van der Waals surface area (Å²) in [5.41, 5.74) is -0.640. The zero-order chi connectivity index (χ0) is 20.1. The summed E-state index contributed by atoms with van der Waals surface area (Å²) in [5, 5.41) is 4.29. The molecule has 0 spiro atoms. The first kappa shape index (κ1) is 21.8. The van der Waals surface area contributed by atoms with Crippen molar-refractivity contribution in [2.75, 3.05) is 50.4 Å². The first-order valence-corrected chi connectivity index (χ1v) is 11.9. The van der Waals surface area contributed by atoms with Crippen LogP contribution >= 0.6 is 11.5 Å². The molecule has 9 nitrogen and oxygen atoms in total. The number of aryl methyl sites for hydroxylation is 1. The molecule has 0 bridgehead atoms. The maximum atomic E-state index is 11.5. The summed E-state index contributed by atoms with van der Waals surface area (Å²) < 4.78 is 30.0. The SMILES string of the molecule is CCNC(=NCC(C)(C)NS(C)(=O)=O)N1CCN(c2nc(CC)ns2)CC1. The summed E-state index contributed by atoms with van der Waals surface area (Å²) in [4.78, 5) is 13.7. The molecule has 0 radical (unpaired) electrons. The number of guanidine groups is 1. The number of anilines is 1. The van der Waals surface area contributed by atoms with Crippen molar-refractivity contribution in [1.82, 2.24) is 24.3 Å². The number of aliphatic imine (C=N–C) groups is 1. The summed E-state index contributed by atoms with van der Waals surface area (Å²) in [7, 11) is -3.28. The van der Waals surface area contributed by atoms with E-state index in [1.54, 1.807) is 0 Å². The van der Waals surface area contributed by atoms with E-state index in [4.69, 9.17) is 0 Å². The Bertz CT molecular complexity index is 738. The van der Waals surface area contributed by atoms with Crippen LogP contribution in [0.3, 0.4) is 0 Å². The van der Waals surface area contributed by atoms with Crippen LogP contribution in [0.4, 0.5) is 5.13 Å². The maximum Gasteiger partial charge on any atom is 0.209 e. The fourth-order valence-corrected chi connectivity index (χ4v) is 4.73. The number of nitrogens with one attached hydrogen (secondary N) is 2. The van der Waals surface area contributed by atoms with Crippen LogP contribution in [-0.2, 0) is 16.4 Å². The zero-order valence-electron chi connectivity index (χ0n) is 16.8. The van der Waals surface area contributed by atoms with Gasteiger partial charge in [-0.3, -0.25) is 4.99 Å². The van der Waals surface area contributed by atoms with E-state index in [-0.39, 0.29) is 0 Å². The van der Waals surface area contributed by atoms with Gasteiger partial charge < -0.3 is 15.1 Å². The number of piperazine rings is 1. The minimum atomic E-state index is -3.28. The van der Waals surface area contributed by atoms with E-state index in [2.05, 4.69) is 41.1 Å². The summed E-state index contributed by atoms with van der Waals surface area (Å²) >= 11 is 1.45. The number of rotatable bonds is 7. The molecular weight excluding hydrogens is 386 g/mol. The Labute approximate surface area is 166 Å². The van der Waals surface area contributed by atoms with E-state index < -0.39 is 15.6 Å². The number of nitrogens with zero attached hydrogens (tertiary/aromatic N) is 5. The lowest BCUT2D eigenvalue weighted by Crippen LogP contribution is -2.53. The molecule has 0 atom stereocenters. The Morgan fingerprint density at radius 3 is 2.44 bits per heavy atom. The van der Waals surface area contributed by atoms with Crippen molar-refractivity contribution in [3.63, 3.8) is 0 Å². The highest BCUT2D eigenvalue weighted by Gasteiger charge is 2.25. The highest BCUT2D eigenvalue weighted by Crippen LogP contribution is 2.19. The minimum absolute atomic E-state index is 0.360. The number of aromatic nitrogens is 2. The molecule has 1 aliphatic rings. The first-order chi connectivity index (χ1) is 12.6. The second-order valence-corrected chi connectivity index (χ2v) is 9.73. The summed E-state index contributed by atoms with van der Waals surface area (Å²) in [5.74, 6) is 1.71. The van der Waals surface area contributed by atoms with Crippen LogP contribution in [0.15, 0.2) is 4.99 Å². The van der Waals surface area contributed by atoms with Gasteiger partial charge in [0.05, 0.1) is 12.8 Å². The van der Waals surface area contributed by atoms with Crippen LogP contribution in [-0.4, -0.2) is 79.7 Å². The average molecular weight is 418 g/mol. The predicted molar refractivity (Wildman–Crippen MR) is 111 cm³/mol. The molecule has 154 valence electrons. The van der Waals surface area contributed by atoms with Gasteiger partial charge in [-0.2, -0.15) is 4.37 Å². The van der Waals surface area contributed by atoms with Crippen molar-refractivity contribution in [3.05, 3.63) is 5.82 Å². The highest BCUT2D eigenvalue weighted by atomic mass is 32.2. The van der Waals surface area contributed by atoms with Crippen LogP contribution in [0.2, 0.25) is 0 Å². The molecule has 0 aliphatic carbocycles. The lowest BCUT2D eigenvalue weighted by atomic mass is 10.1. The molecule has 2 heterocycles. The van der Waals surface area contributed by atoms with Crippen molar-refractivity contribution in [1.29, 1.82) is 0 Å². The molecule has 27 heavy (non-hydrogen) atoms. The average Bonchev–Trinajstić information content (AvgIpc) is 3.06. The van der Waals surface area contributed by atoms with Gasteiger partial charge in [0, 0.05) is 56.2 Å². The maximum absolute atomic E-state index is 11.5. The second-order valence-electron chi connectivity index (χ2n) is 7.25. The lowest BCUT2D eigenvalue weighted by molar-refractivity contribution is 0.369. The van der Waals surface area contributed by atoms with Gasteiger partial charge in [-0.15, -0.1) is 0 Å². The van der Waals surface area contributed by atoms with E-state index in [0.717, 1.165) is 56.1 Å². The molecule has 1 fully saturated rings. The van der Waals surface area contributed by atoms with E-state index in [1.807, 2.05) is 20.8 Å². The molecule has 1 aromatic rings. The molecule has 0 unspecified atom stereocenters. The van der Waals surface area contributed by atoms with Gasteiger partial charge in [0.25, 0.3) is 0 Å². The topological polar surface area (TPSA) is 103 Å². The molecule has 1 aromatic heterocycles. The molecule has 2 rings (SSSR count). The smallest absolute Gasteiger partial charge is 0.209 e. The Morgan fingerprint density at radius 2 is 1.93 bits per heavy atom. The summed E-state index contributed by atoms with van der Waals surface area (Å²) in [6, 6.07) is 0. The van der Waals surface area contributed by atoms with Gasteiger partial charge in [0.2, 0.25) is 15.2 Å². The van der Waals surface area contributed by atoms with Gasteiger partial charge >= 0.3 is 0 Å². The van der Waals surface area contributed by atoms with Gasteiger partial charge in [-0.25, -0.2) is 18.1 Å². The van der Waals surface area contributed by atoms with E-state index in [9.17, 15) is 8.42 Å². The van der Waals surface area contributed by atoms with Crippen LogP contribution in [0.5, 0.6) is 0 Å². The fourth-order valence-electron chi connectivity index (χ4n) is 2.86. The Balaban J connectivity index is 1.99. The second kappa shape index (κ2) is 9.16. The molecular formula is C16H31N7O2S2. The van der Waals surface area contributed by atoms with E-state index in [0.29, 0.717) is 6.54 Å². The third-order valence-electron chi connectivity index (χ3n) is 4.04. The fraction of sp³-hybridized carbons (Fsp3) is 0.812. The van der Waals surface area contributed by atoms with E-state index >= 15 is 0 Å².